The number of halogens is 3. The summed E-state index contributed by atoms with van der Waals surface area (Å²) in [5.74, 6) is 0.221. The molecule has 0 unspecified atom stereocenters. The Morgan fingerprint density at radius 3 is 2.77 bits per heavy atom. The van der Waals surface area contributed by atoms with Crippen molar-refractivity contribution in [3.63, 3.8) is 0 Å². The molecule has 3 rings (SSSR count). The number of fused-ring (bicyclic) bond motifs is 2. The monoisotopic (exact) mass is 482 g/mol. The summed E-state index contributed by atoms with van der Waals surface area (Å²) >= 11 is 5.92. The molecule has 1 aromatic carbocycles. The van der Waals surface area contributed by atoms with Crippen LogP contribution in [0.3, 0.4) is 0 Å². The minimum absolute atomic E-state index is 0.0208. The second kappa shape index (κ2) is 5.97. The van der Waals surface area contributed by atoms with Crippen LogP contribution in [0.4, 0.5) is 4.39 Å². The van der Waals surface area contributed by atoms with Crippen molar-refractivity contribution in [2.75, 3.05) is 0 Å². The van der Waals surface area contributed by atoms with Crippen LogP contribution >= 0.6 is 38.5 Å². The molecule has 122 valence electrons. The Bertz CT molecular complexity index is 562. The van der Waals surface area contributed by atoms with Crippen molar-refractivity contribution in [3.05, 3.63) is 34.1 Å². The number of rotatable bonds is 4. The summed E-state index contributed by atoms with van der Waals surface area (Å²) in [6.45, 7) is 6.84. The molecule has 0 radical (unpaired) electrons. The van der Waals surface area contributed by atoms with Crippen molar-refractivity contribution in [2.45, 2.75) is 61.5 Å². The molecule has 2 bridgehead atoms. The highest BCUT2D eigenvalue weighted by molar-refractivity contribution is 14.1. The van der Waals surface area contributed by atoms with Gasteiger partial charge in [-0.2, -0.15) is 0 Å². The maximum absolute atomic E-state index is 13.9. The van der Waals surface area contributed by atoms with Crippen LogP contribution in [-0.2, 0) is 16.1 Å². The molecule has 0 saturated carbocycles. The summed E-state index contributed by atoms with van der Waals surface area (Å²) in [4.78, 5) is 0. The quantitative estimate of drug-likeness (QED) is 0.430. The summed E-state index contributed by atoms with van der Waals surface area (Å²) in [6.07, 6.45) is 1.91. The molecule has 22 heavy (non-hydrogen) atoms. The van der Waals surface area contributed by atoms with Crippen molar-refractivity contribution in [3.8, 4) is 0 Å². The van der Waals surface area contributed by atoms with Gasteiger partial charge >= 0.3 is 0 Å². The molecule has 2 saturated heterocycles. The standard InChI is InChI=1S/C17H21BrFIO2/c1-10(2)17-8-15(16(3,22-17)7-14(17)20)21-9-11-12(18)5-4-6-13(11)19/h4-6,10,14-15H,7-9H2,1-3H3/t14-,15+,16-,17+/m0/s1. The van der Waals surface area contributed by atoms with Gasteiger partial charge in [-0.1, -0.05) is 58.4 Å². The average molecular weight is 483 g/mol. The van der Waals surface area contributed by atoms with E-state index in [9.17, 15) is 4.39 Å². The molecular formula is C17H21BrFIO2. The fraction of sp³-hybridized carbons (Fsp3) is 0.647. The van der Waals surface area contributed by atoms with Gasteiger partial charge in [-0.05, 0) is 31.4 Å². The number of hydrogen-bond acceptors (Lipinski definition) is 2. The second-order valence-corrected chi connectivity index (χ2v) is 9.26. The van der Waals surface area contributed by atoms with Crippen LogP contribution in [0.15, 0.2) is 22.7 Å². The van der Waals surface area contributed by atoms with Crippen LogP contribution in [0.2, 0.25) is 0 Å². The number of hydrogen-bond donors (Lipinski definition) is 0. The number of benzene rings is 1. The lowest BCUT2D eigenvalue weighted by molar-refractivity contribution is -0.0957. The van der Waals surface area contributed by atoms with E-state index in [2.05, 4.69) is 59.3 Å². The lowest BCUT2D eigenvalue weighted by Gasteiger charge is -2.35. The van der Waals surface area contributed by atoms with Gasteiger partial charge in [0.25, 0.3) is 0 Å². The second-order valence-electron chi connectivity index (χ2n) is 6.90. The molecule has 0 N–H and O–H groups in total. The molecule has 2 aliphatic rings. The Labute approximate surface area is 153 Å². The molecule has 2 nitrogen and oxygen atoms in total. The highest BCUT2D eigenvalue weighted by Gasteiger charge is 2.65. The first-order valence-electron chi connectivity index (χ1n) is 7.67. The van der Waals surface area contributed by atoms with Gasteiger partial charge in [-0.3, -0.25) is 0 Å². The molecule has 0 spiro atoms. The van der Waals surface area contributed by atoms with Crippen molar-refractivity contribution >= 4 is 38.5 Å². The third-order valence-corrected chi connectivity index (χ3v) is 7.43. The van der Waals surface area contributed by atoms with Crippen LogP contribution in [0.1, 0.15) is 39.2 Å². The fourth-order valence-electron chi connectivity index (χ4n) is 3.75. The Morgan fingerprint density at radius 1 is 1.45 bits per heavy atom. The van der Waals surface area contributed by atoms with E-state index in [1.165, 1.54) is 6.07 Å². The molecule has 5 heteroatoms. The third kappa shape index (κ3) is 2.66. The summed E-state index contributed by atoms with van der Waals surface area (Å²) in [7, 11) is 0. The van der Waals surface area contributed by atoms with Crippen molar-refractivity contribution in [2.24, 2.45) is 5.92 Å². The van der Waals surface area contributed by atoms with Crippen LogP contribution in [0.25, 0.3) is 0 Å². The van der Waals surface area contributed by atoms with Crippen LogP contribution in [-0.4, -0.2) is 21.2 Å². The Morgan fingerprint density at radius 2 is 2.18 bits per heavy atom. The largest absolute Gasteiger partial charge is 0.370 e. The molecule has 1 aromatic rings. The zero-order valence-corrected chi connectivity index (χ0v) is 16.8. The Balaban J connectivity index is 1.75. The highest BCUT2D eigenvalue weighted by atomic mass is 127. The summed E-state index contributed by atoms with van der Waals surface area (Å²) in [5, 5.41) is 0. The molecule has 2 aliphatic heterocycles. The van der Waals surface area contributed by atoms with Gasteiger partial charge in [0.15, 0.2) is 0 Å². The van der Waals surface area contributed by atoms with Crippen LogP contribution in [0, 0.1) is 11.7 Å². The first kappa shape index (κ1) is 17.1. The van der Waals surface area contributed by atoms with E-state index in [-0.39, 0.29) is 29.7 Å². The molecule has 0 aliphatic carbocycles. The van der Waals surface area contributed by atoms with Crippen molar-refractivity contribution < 1.29 is 13.9 Å². The van der Waals surface area contributed by atoms with E-state index in [4.69, 9.17) is 9.47 Å². The van der Waals surface area contributed by atoms with Gasteiger partial charge in [-0.25, -0.2) is 4.39 Å². The van der Waals surface area contributed by atoms with E-state index < -0.39 is 0 Å². The zero-order valence-electron chi connectivity index (χ0n) is 13.0. The first-order valence-corrected chi connectivity index (χ1v) is 9.71. The van der Waals surface area contributed by atoms with E-state index in [0.29, 0.717) is 15.4 Å². The highest BCUT2D eigenvalue weighted by Crippen LogP contribution is 2.57. The molecule has 4 atom stereocenters. The lowest BCUT2D eigenvalue weighted by Crippen LogP contribution is -2.44. The molecule has 0 aromatic heterocycles. The maximum Gasteiger partial charge on any atom is 0.129 e. The first-order chi connectivity index (χ1) is 10.3. The molecule has 2 fully saturated rings. The van der Waals surface area contributed by atoms with Gasteiger partial charge < -0.3 is 9.47 Å². The third-order valence-electron chi connectivity index (χ3n) is 5.19. The summed E-state index contributed by atoms with van der Waals surface area (Å²) in [5.41, 5.74) is 0.221. The molecule has 2 heterocycles. The van der Waals surface area contributed by atoms with Crippen molar-refractivity contribution in [1.82, 2.24) is 0 Å². The minimum atomic E-state index is -0.256. The lowest BCUT2D eigenvalue weighted by atomic mass is 9.75. The van der Waals surface area contributed by atoms with E-state index >= 15 is 0 Å². The molecule has 0 amide bonds. The van der Waals surface area contributed by atoms with Gasteiger partial charge in [0.05, 0.1) is 23.9 Å². The normalized spacial score (nSPS) is 37.2. The van der Waals surface area contributed by atoms with E-state index in [1.54, 1.807) is 6.07 Å². The van der Waals surface area contributed by atoms with Gasteiger partial charge in [0.2, 0.25) is 0 Å². The van der Waals surface area contributed by atoms with Gasteiger partial charge in [0, 0.05) is 20.4 Å². The van der Waals surface area contributed by atoms with Crippen LogP contribution in [0.5, 0.6) is 0 Å². The van der Waals surface area contributed by atoms with E-state index in [0.717, 1.165) is 17.3 Å². The number of ether oxygens (including phenoxy) is 2. The Hall–Kier alpha value is 0.280. The topological polar surface area (TPSA) is 18.5 Å². The predicted molar refractivity (Wildman–Crippen MR) is 96.8 cm³/mol. The van der Waals surface area contributed by atoms with E-state index in [1.807, 2.05) is 6.07 Å². The van der Waals surface area contributed by atoms with Gasteiger partial charge in [0.1, 0.15) is 5.82 Å². The predicted octanol–water partition coefficient (Wildman–Crippen LogP) is 5.25. The van der Waals surface area contributed by atoms with Crippen LogP contribution < -0.4 is 0 Å². The van der Waals surface area contributed by atoms with Gasteiger partial charge in [-0.15, -0.1) is 0 Å². The minimum Gasteiger partial charge on any atom is -0.370 e. The Kier molecular flexibility index (Phi) is 4.65. The van der Waals surface area contributed by atoms with Crippen molar-refractivity contribution in [1.29, 1.82) is 0 Å². The zero-order chi connectivity index (χ0) is 16.1. The molecular weight excluding hydrogens is 462 g/mol. The smallest absolute Gasteiger partial charge is 0.129 e. The number of alkyl halides is 1. The SMILES string of the molecule is CC(C)[C@]12C[C@@H](OCc3c(F)cccc3Br)[C@](C)(C[C@@H]1I)O2. The maximum atomic E-state index is 13.9. The summed E-state index contributed by atoms with van der Waals surface area (Å²) in [6, 6.07) is 5.01. The average Bonchev–Trinajstić information content (AvgIpc) is 2.86. The summed E-state index contributed by atoms with van der Waals surface area (Å²) < 4.78 is 27.8. The fourth-order valence-corrected chi connectivity index (χ4v) is 6.18.